The average molecular weight is 913 g/mol. The highest BCUT2D eigenvalue weighted by Crippen LogP contribution is 2.35. The van der Waals surface area contributed by atoms with Gasteiger partial charge in [0.2, 0.25) is 0 Å². The van der Waals surface area contributed by atoms with Crippen molar-refractivity contribution in [3.8, 4) is 57.1 Å². The van der Waals surface area contributed by atoms with Gasteiger partial charge in [0.05, 0.1) is 0 Å². The van der Waals surface area contributed by atoms with Gasteiger partial charge in [-0.3, -0.25) is 27.8 Å². The maximum atomic E-state index is 13.3. The fourth-order valence-corrected chi connectivity index (χ4v) is 6.70. The van der Waals surface area contributed by atoms with Gasteiger partial charge in [0.25, 0.3) is 0 Å². The van der Waals surface area contributed by atoms with Crippen molar-refractivity contribution >= 4 is 63.5 Å². The lowest BCUT2D eigenvalue weighted by Gasteiger charge is -2.12. The van der Waals surface area contributed by atoms with Gasteiger partial charge >= 0.3 is 41.6 Å². The summed E-state index contributed by atoms with van der Waals surface area (Å²) in [6, 6.07) is 15.7. The molecule has 2 heterocycles. The van der Waals surface area contributed by atoms with Crippen molar-refractivity contribution in [2.75, 3.05) is 13.2 Å². The first kappa shape index (κ1) is 43.1. The van der Waals surface area contributed by atoms with Gasteiger partial charge in [0, 0.05) is 47.5 Å². The summed E-state index contributed by atoms with van der Waals surface area (Å²) in [6.45, 7) is -0.674. The normalized spacial score (nSPS) is 12.4. The molecule has 0 bridgehead atoms. The highest BCUT2D eigenvalue weighted by Gasteiger charge is 2.20. The van der Waals surface area contributed by atoms with E-state index in [-0.39, 0.29) is 80.8 Å². The smallest absolute Gasteiger partial charge is 0.446 e. The Balaban J connectivity index is 1.24. The Morgan fingerprint density at radius 1 is 0.450 bits per heavy atom. The third kappa shape index (κ3) is 11.6. The second-order valence-corrected chi connectivity index (χ2v) is 15.8. The molecule has 0 unspecified atom stereocenters. The van der Waals surface area contributed by atoms with Crippen molar-refractivity contribution in [1.29, 1.82) is 0 Å². The molecule has 0 radical (unpaired) electrons. The van der Waals surface area contributed by atoms with E-state index >= 15 is 0 Å². The first-order valence-corrected chi connectivity index (χ1v) is 21.5. The molecule has 0 saturated heterocycles. The van der Waals surface area contributed by atoms with Crippen LogP contribution in [-0.4, -0.2) is 65.1 Å². The van der Waals surface area contributed by atoms with Crippen LogP contribution in [0, 0.1) is 0 Å². The number of benzene rings is 4. The van der Waals surface area contributed by atoms with Crippen LogP contribution in [0.2, 0.25) is 0 Å². The molecule has 60 heavy (non-hydrogen) atoms. The molecule has 0 spiro atoms. The molecular formula is C34H24O22S4. The standard InChI is InChI=1S/C34H24O22S4/c35-25-17-27(19-3-7-21(8-4-19)53-57(37,38)39)51-31-15-23(55-59(43,44)45)13-29(33(25)31)49-11-1-2-12-50-30-14-24(56-60(46,47)48)16-32-34(30)26(36)18-28(52-32)20-5-9-22(10-6-20)54-58(40,41)42/h1-10,13-18H,11-12H2,(H,37,38,39)(H,40,41,42)(H,43,44,45)(H,46,47,48)/b2-1+. The van der Waals surface area contributed by atoms with Crippen LogP contribution in [0.4, 0.5) is 0 Å². The van der Waals surface area contributed by atoms with Crippen molar-refractivity contribution < 1.29 is 86.9 Å². The minimum absolute atomic E-state index is 0.0933. The van der Waals surface area contributed by atoms with E-state index in [0.29, 0.717) is 0 Å². The molecule has 316 valence electrons. The van der Waals surface area contributed by atoms with Gasteiger partial charge in [0.15, 0.2) is 22.4 Å². The molecule has 0 atom stereocenters. The fraction of sp³-hybridized carbons (Fsp3) is 0.0588. The zero-order valence-corrected chi connectivity index (χ0v) is 32.7. The van der Waals surface area contributed by atoms with Crippen LogP contribution < -0.4 is 37.1 Å². The summed E-state index contributed by atoms with van der Waals surface area (Å²) in [4.78, 5) is 26.6. The van der Waals surface area contributed by atoms with Crippen LogP contribution in [0.5, 0.6) is 34.5 Å². The lowest BCUT2D eigenvalue weighted by Crippen LogP contribution is -2.09. The third-order valence-corrected chi connectivity index (χ3v) is 9.07. The molecule has 6 rings (SSSR count). The molecule has 0 amide bonds. The minimum Gasteiger partial charge on any atom is -0.488 e. The van der Waals surface area contributed by atoms with Crippen LogP contribution in [0.15, 0.2) is 116 Å². The van der Waals surface area contributed by atoms with Crippen LogP contribution in [-0.2, 0) is 41.6 Å². The molecule has 26 heteroatoms. The second-order valence-electron chi connectivity index (χ2n) is 11.7. The monoisotopic (exact) mass is 912 g/mol. The molecule has 4 aromatic carbocycles. The molecule has 0 aliphatic heterocycles. The van der Waals surface area contributed by atoms with Gasteiger partial charge in [-0.2, -0.15) is 33.7 Å². The summed E-state index contributed by atoms with van der Waals surface area (Å²) in [5, 5.41) is -0.402. The zero-order valence-electron chi connectivity index (χ0n) is 29.4. The molecule has 6 aromatic rings. The van der Waals surface area contributed by atoms with E-state index in [0.717, 1.165) is 60.7 Å². The molecule has 0 fully saturated rings. The molecular weight excluding hydrogens is 889 g/mol. The topological polar surface area (TPSA) is 333 Å². The third-order valence-electron chi connectivity index (χ3n) is 7.46. The van der Waals surface area contributed by atoms with Crippen LogP contribution in [0.1, 0.15) is 0 Å². The van der Waals surface area contributed by atoms with Gasteiger partial charge in [-0.1, -0.05) is 0 Å². The van der Waals surface area contributed by atoms with Crippen LogP contribution in [0.25, 0.3) is 44.6 Å². The van der Waals surface area contributed by atoms with Crippen LogP contribution in [0.3, 0.4) is 0 Å². The van der Waals surface area contributed by atoms with E-state index in [1.54, 1.807) is 0 Å². The number of hydrogen-bond donors (Lipinski definition) is 4. The first-order chi connectivity index (χ1) is 28.0. The second kappa shape index (κ2) is 16.6. The van der Waals surface area contributed by atoms with E-state index in [1.807, 2.05) is 0 Å². The predicted octanol–water partition coefficient (Wildman–Crippen LogP) is 3.97. The summed E-state index contributed by atoms with van der Waals surface area (Å²) in [6.07, 6.45) is 2.70. The minimum atomic E-state index is -5.07. The van der Waals surface area contributed by atoms with Crippen molar-refractivity contribution in [1.82, 2.24) is 0 Å². The summed E-state index contributed by atoms with van der Waals surface area (Å²) in [5.74, 6) is -2.34. The van der Waals surface area contributed by atoms with Gasteiger partial charge < -0.3 is 35.0 Å². The number of ether oxygens (including phenoxy) is 2. The Kier molecular flexibility index (Phi) is 11.9. The Hall–Kier alpha value is -6.52. The molecule has 4 N–H and O–H groups in total. The Morgan fingerprint density at radius 3 is 1.08 bits per heavy atom. The molecule has 0 saturated carbocycles. The first-order valence-electron chi connectivity index (χ1n) is 16.0. The molecule has 0 aliphatic carbocycles. The van der Waals surface area contributed by atoms with E-state index in [9.17, 15) is 52.4 Å². The number of hydrogen-bond acceptors (Lipinski definition) is 18. The average Bonchev–Trinajstić information content (AvgIpc) is 3.10. The van der Waals surface area contributed by atoms with Gasteiger partial charge in [0.1, 0.15) is 69.7 Å². The predicted molar refractivity (Wildman–Crippen MR) is 205 cm³/mol. The van der Waals surface area contributed by atoms with E-state index < -0.39 is 64.0 Å². The molecule has 22 nitrogen and oxygen atoms in total. The Bertz CT molecular complexity index is 3010. The van der Waals surface area contributed by atoms with Gasteiger partial charge in [-0.15, -0.1) is 0 Å². The lowest BCUT2D eigenvalue weighted by atomic mass is 10.1. The summed E-state index contributed by atoms with van der Waals surface area (Å²) in [5.41, 5.74) is -1.52. The van der Waals surface area contributed by atoms with Crippen LogP contribution >= 0.6 is 0 Å². The quantitative estimate of drug-likeness (QED) is 0.0788. The zero-order chi connectivity index (χ0) is 43.6. The summed E-state index contributed by atoms with van der Waals surface area (Å²) in [7, 11) is -19.8. The maximum absolute atomic E-state index is 13.3. The van der Waals surface area contributed by atoms with Crippen molar-refractivity contribution in [3.05, 3.63) is 118 Å². The molecule has 2 aromatic heterocycles. The number of rotatable bonds is 16. The lowest BCUT2D eigenvalue weighted by molar-refractivity contribution is 0.350. The van der Waals surface area contributed by atoms with E-state index in [2.05, 4.69) is 16.7 Å². The summed E-state index contributed by atoms with van der Waals surface area (Å²) < 4.78 is 167. The largest absolute Gasteiger partial charge is 0.488 e. The van der Waals surface area contributed by atoms with Crippen molar-refractivity contribution in [3.63, 3.8) is 0 Å². The number of fused-ring (bicyclic) bond motifs is 2. The van der Waals surface area contributed by atoms with E-state index in [4.69, 9.17) is 27.4 Å². The van der Waals surface area contributed by atoms with Crippen molar-refractivity contribution in [2.45, 2.75) is 0 Å². The Morgan fingerprint density at radius 2 is 0.767 bits per heavy atom. The van der Waals surface area contributed by atoms with Crippen molar-refractivity contribution in [2.24, 2.45) is 0 Å². The van der Waals surface area contributed by atoms with E-state index in [1.165, 1.54) is 36.4 Å². The SMILES string of the molecule is O=c1cc(-c2ccc(OS(=O)(=O)O)cc2)oc2cc(OS(=O)(=O)O)cc(OC/C=C/COc3cc(OS(=O)(=O)O)cc4oc(-c5ccc(OS(=O)(=O)O)cc5)cc(=O)c34)c12. The summed E-state index contributed by atoms with van der Waals surface area (Å²) >= 11 is 0. The van der Waals surface area contributed by atoms with Gasteiger partial charge in [-0.25, -0.2) is 0 Å². The maximum Gasteiger partial charge on any atom is 0.446 e. The molecule has 0 aliphatic rings. The highest BCUT2D eigenvalue weighted by molar-refractivity contribution is 7.82. The Labute approximate surface area is 337 Å². The van der Waals surface area contributed by atoms with Gasteiger partial charge in [-0.05, 0) is 60.7 Å². The highest BCUT2D eigenvalue weighted by atomic mass is 32.3. The fourth-order valence-electron chi connectivity index (χ4n) is 5.31.